The number of pyridine rings is 1. The number of hydrogen-bond donors (Lipinski definition) is 1. The second kappa shape index (κ2) is 7.23. The van der Waals surface area contributed by atoms with Crippen LogP contribution in [0, 0.1) is 5.92 Å². The van der Waals surface area contributed by atoms with E-state index in [2.05, 4.69) is 35.0 Å². The van der Waals surface area contributed by atoms with Gasteiger partial charge in [0, 0.05) is 16.0 Å². The fraction of sp³-hybridized carbons (Fsp3) is 0.444. The molecule has 3 heterocycles. The zero-order valence-electron chi connectivity index (χ0n) is 13.3. The van der Waals surface area contributed by atoms with Gasteiger partial charge in [0.25, 0.3) is 0 Å². The number of aryl methyl sites for hydroxylation is 1. The summed E-state index contributed by atoms with van der Waals surface area (Å²) < 4.78 is 0. The van der Waals surface area contributed by atoms with Crippen LogP contribution in [0.25, 0.3) is 0 Å². The molecule has 0 radical (unpaired) electrons. The molecule has 1 aliphatic rings. The van der Waals surface area contributed by atoms with Gasteiger partial charge in [0.15, 0.2) is 0 Å². The third-order valence-corrected chi connectivity index (χ3v) is 5.79. The molecule has 0 aromatic carbocycles. The molecule has 2 aromatic rings. The van der Waals surface area contributed by atoms with E-state index in [0.717, 1.165) is 25.2 Å². The monoisotopic (exact) mass is 330 g/mol. The Bertz CT molecular complexity index is 648. The number of carbonyl (C=O) groups is 1. The summed E-state index contributed by atoms with van der Waals surface area (Å²) in [6.45, 7) is 3.78. The maximum absolute atomic E-state index is 11.2. The Labute approximate surface area is 140 Å². The van der Waals surface area contributed by atoms with Crippen LogP contribution < -0.4 is 0 Å². The summed E-state index contributed by atoms with van der Waals surface area (Å²) in [4.78, 5) is 20.8. The molecule has 1 atom stereocenters. The van der Waals surface area contributed by atoms with E-state index in [1.54, 1.807) is 0 Å². The van der Waals surface area contributed by atoms with Crippen LogP contribution in [0.3, 0.4) is 0 Å². The fourth-order valence-electron chi connectivity index (χ4n) is 3.19. The van der Waals surface area contributed by atoms with Crippen LogP contribution in [0.4, 0.5) is 0 Å². The molecule has 1 saturated heterocycles. The predicted octanol–water partition coefficient (Wildman–Crippen LogP) is 3.59. The number of hydrogen-bond acceptors (Lipinski definition) is 4. The van der Waals surface area contributed by atoms with E-state index < -0.39 is 5.97 Å². The maximum atomic E-state index is 11.2. The molecule has 1 N–H and O–H groups in total. The van der Waals surface area contributed by atoms with Crippen molar-refractivity contribution in [3.63, 3.8) is 0 Å². The molecule has 122 valence electrons. The lowest BCUT2D eigenvalue weighted by atomic mass is 9.95. The maximum Gasteiger partial charge on any atom is 0.306 e. The summed E-state index contributed by atoms with van der Waals surface area (Å²) in [6.07, 6.45) is 4.30. The van der Waals surface area contributed by atoms with Crippen molar-refractivity contribution in [3.8, 4) is 0 Å². The molecule has 23 heavy (non-hydrogen) atoms. The smallest absolute Gasteiger partial charge is 0.306 e. The highest BCUT2D eigenvalue weighted by molar-refractivity contribution is 7.12. The molecule has 0 spiro atoms. The Balaban J connectivity index is 1.86. The molecule has 1 fully saturated rings. The van der Waals surface area contributed by atoms with E-state index in [9.17, 15) is 9.90 Å². The van der Waals surface area contributed by atoms with Gasteiger partial charge in [-0.3, -0.25) is 14.7 Å². The quantitative estimate of drug-likeness (QED) is 0.910. The number of carboxylic acids is 1. The summed E-state index contributed by atoms with van der Waals surface area (Å²) in [5.74, 6) is -0.867. The first kappa shape index (κ1) is 16.1. The molecule has 0 bridgehead atoms. The highest BCUT2D eigenvalue weighted by atomic mass is 32.1. The van der Waals surface area contributed by atoms with Gasteiger partial charge in [0.05, 0.1) is 17.7 Å². The number of aromatic nitrogens is 1. The summed E-state index contributed by atoms with van der Waals surface area (Å²) >= 11 is 1.84. The minimum Gasteiger partial charge on any atom is -0.481 e. The van der Waals surface area contributed by atoms with E-state index in [1.807, 2.05) is 29.7 Å². The molecule has 0 amide bonds. The number of piperidine rings is 1. The van der Waals surface area contributed by atoms with Gasteiger partial charge in [0.2, 0.25) is 0 Å². The lowest BCUT2D eigenvalue weighted by Gasteiger charge is -2.35. The average molecular weight is 330 g/mol. The minimum absolute atomic E-state index is 0.135. The standard InChI is InChI=1S/C18H22N2O2S/c1-2-14-6-7-16(23-14)17(15-5-3-4-10-19-15)20-11-8-13(9-12-20)18(21)22/h3-7,10,13,17H,2,8-9,11-12H2,1H3,(H,21,22). The van der Waals surface area contributed by atoms with Gasteiger partial charge in [-0.15, -0.1) is 11.3 Å². The van der Waals surface area contributed by atoms with Gasteiger partial charge >= 0.3 is 5.97 Å². The first-order valence-corrected chi connectivity index (χ1v) is 8.97. The summed E-state index contributed by atoms with van der Waals surface area (Å²) in [5.41, 5.74) is 1.05. The van der Waals surface area contributed by atoms with Gasteiger partial charge < -0.3 is 5.11 Å². The van der Waals surface area contributed by atoms with Crippen molar-refractivity contribution >= 4 is 17.3 Å². The molecule has 2 aromatic heterocycles. The Hall–Kier alpha value is -1.72. The Morgan fingerprint density at radius 2 is 2.13 bits per heavy atom. The van der Waals surface area contributed by atoms with Crippen LogP contribution in [0.5, 0.6) is 0 Å². The zero-order valence-corrected chi connectivity index (χ0v) is 14.1. The lowest BCUT2D eigenvalue weighted by molar-refractivity contribution is -0.143. The van der Waals surface area contributed by atoms with E-state index in [1.165, 1.54) is 9.75 Å². The van der Waals surface area contributed by atoms with Crippen molar-refractivity contribution in [1.29, 1.82) is 0 Å². The molecule has 0 saturated carbocycles. The van der Waals surface area contributed by atoms with Crippen molar-refractivity contribution in [3.05, 3.63) is 52.0 Å². The Morgan fingerprint density at radius 3 is 2.70 bits per heavy atom. The molecule has 5 heteroatoms. The Morgan fingerprint density at radius 1 is 1.35 bits per heavy atom. The highest BCUT2D eigenvalue weighted by Crippen LogP contribution is 2.35. The third-order valence-electron chi connectivity index (χ3n) is 4.51. The van der Waals surface area contributed by atoms with E-state index in [0.29, 0.717) is 12.8 Å². The number of thiophene rings is 1. The van der Waals surface area contributed by atoms with Gasteiger partial charge in [-0.2, -0.15) is 0 Å². The number of aliphatic carboxylic acids is 1. The van der Waals surface area contributed by atoms with Gasteiger partial charge in [-0.1, -0.05) is 13.0 Å². The van der Waals surface area contributed by atoms with Gasteiger partial charge in [-0.25, -0.2) is 0 Å². The van der Waals surface area contributed by atoms with Crippen molar-refractivity contribution in [1.82, 2.24) is 9.88 Å². The van der Waals surface area contributed by atoms with E-state index in [-0.39, 0.29) is 12.0 Å². The van der Waals surface area contributed by atoms with Crippen molar-refractivity contribution in [2.45, 2.75) is 32.2 Å². The molecule has 0 aliphatic carbocycles. The highest BCUT2D eigenvalue weighted by Gasteiger charge is 2.31. The minimum atomic E-state index is -0.663. The van der Waals surface area contributed by atoms with Crippen LogP contribution in [0.2, 0.25) is 0 Å². The van der Waals surface area contributed by atoms with E-state index in [4.69, 9.17) is 0 Å². The Kier molecular flexibility index (Phi) is 5.08. The number of nitrogens with zero attached hydrogens (tertiary/aromatic N) is 2. The fourth-order valence-corrected chi connectivity index (χ4v) is 4.29. The van der Waals surface area contributed by atoms with Crippen LogP contribution >= 0.6 is 11.3 Å². The van der Waals surface area contributed by atoms with Crippen molar-refractivity contribution < 1.29 is 9.90 Å². The lowest BCUT2D eigenvalue weighted by Crippen LogP contribution is -2.39. The first-order chi connectivity index (χ1) is 11.2. The van der Waals surface area contributed by atoms with Crippen molar-refractivity contribution in [2.75, 3.05) is 13.1 Å². The van der Waals surface area contributed by atoms with E-state index >= 15 is 0 Å². The van der Waals surface area contributed by atoms with Gasteiger partial charge in [0.1, 0.15) is 0 Å². The second-order valence-corrected chi connectivity index (χ2v) is 7.16. The molecule has 4 nitrogen and oxygen atoms in total. The molecular formula is C18H22N2O2S. The van der Waals surface area contributed by atoms with Crippen LogP contribution in [0.1, 0.15) is 41.3 Å². The predicted molar refractivity (Wildman–Crippen MR) is 91.7 cm³/mol. The number of carboxylic acid groups (broad SMARTS) is 1. The average Bonchev–Trinajstić information content (AvgIpc) is 3.05. The van der Waals surface area contributed by atoms with Crippen LogP contribution in [0.15, 0.2) is 36.5 Å². The normalized spacial score (nSPS) is 18.0. The second-order valence-electron chi connectivity index (χ2n) is 5.96. The number of rotatable bonds is 5. The molecule has 1 aliphatic heterocycles. The summed E-state index contributed by atoms with van der Waals surface area (Å²) in [7, 11) is 0. The first-order valence-electron chi connectivity index (χ1n) is 8.15. The SMILES string of the molecule is CCc1ccc(C(c2ccccn2)N2CCC(C(=O)O)CC2)s1. The third kappa shape index (κ3) is 3.62. The zero-order chi connectivity index (χ0) is 16.2. The topological polar surface area (TPSA) is 53.4 Å². The van der Waals surface area contributed by atoms with Gasteiger partial charge in [-0.05, 0) is 56.6 Å². The molecule has 3 rings (SSSR count). The molecule has 1 unspecified atom stereocenters. The van der Waals surface area contributed by atoms with Crippen LogP contribution in [-0.2, 0) is 11.2 Å². The largest absolute Gasteiger partial charge is 0.481 e. The molecular weight excluding hydrogens is 308 g/mol. The number of likely N-dealkylation sites (tertiary alicyclic amines) is 1. The summed E-state index contributed by atoms with van der Waals surface area (Å²) in [5, 5.41) is 9.20. The van der Waals surface area contributed by atoms with Crippen LogP contribution in [-0.4, -0.2) is 34.0 Å². The van der Waals surface area contributed by atoms with Crippen molar-refractivity contribution in [2.24, 2.45) is 5.92 Å². The summed E-state index contributed by atoms with van der Waals surface area (Å²) in [6, 6.07) is 10.6.